The van der Waals surface area contributed by atoms with Crippen LogP contribution in [0.3, 0.4) is 0 Å². The molecule has 0 saturated carbocycles. The van der Waals surface area contributed by atoms with Crippen molar-refractivity contribution in [1.82, 2.24) is 25.3 Å². The predicted octanol–water partition coefficient (Wildman–Crippen LogP) is 3.08. The molecule has 8 heteroatoms. The van der Waals surface area contributed by atoms with Crippen LogP contribution in [0.2, 0.25) is 5.02 Å². The molecule has 140 valence electrons. The lowest BCUT2D eigenvalue weighted by atomic mass is 10.2. The number of hydrogen-bond acceptors (Lipinski definition) is 5. The second-order valence-electron chi connectivity index (χ2n) is 6.15. The topological polar surface area (TPSA) is 84.7 Å². The largest absolute Gasteiger partial charge is 0.367 e. The molecule has 0 atom stereocenters. The van der Waals surface area contributed by atoms with E-state index in [1.807, 2.05) is 32.9 Å². The van der Waals surface area contributed by atoms with Crippen LogP contribution in [0.5, 0.6) is 0 Å². The number of hydrogen-bond donors (Lipinski definition) is 2. The van der Waals surface area contributed by atoms with E-state index in [1.165, 1.54) is 0 Å². The van der Waals surface area contributed by atoms with E-state index in [2.05, 4.69) is 25.9 Å². The molecule has 2 N–H and O–H groups in total. The molecule has 2 aromatic heterocycles. The highest BCUT2D eigenvalue weighted by Crippen LogP contribution is 2.16. The Labute approximate surface area is 162 Å². The van der Waals surface area contributed by atoms with Gasteiger partial charge in [0.2, 0.25) is 0 Å². The minimum atomic E-state index is -0.205. The molecular formula is C19H21ClN6O. The smallest absolute Gasteiger partial charge is 0.252 e. The minimum Gasteiger partial charge on any atom is -0.367 e. The molecule has 0 aliphatic carbocycles. The zero-order chi connectivity index (χ0) is 19.4. The molecule has 0 radical (unpaired) electrons. The number of benzene rings is 1. The van der Waals surface area contributed by atoms with Crippen LogP contribution in [0.15, 0.2) is 36.4 Å². The first-order valence-electron chi connectivity index (χ1n) is 8.61. The Kier molecular flexibility index (Phi) is 5.71. The van der Waals surface area contributed by atoms with Crippen LogP contribution in [0.1, 0.15) is 27.3 Å². The van der Waals surface area contributed by atoms with Crippen LogP contribution in [-0.4, -0.2) is 39.0 Å². The van der Waals surface area contributed by atoms with E-state index in [9.17, 15) is 4.79 Å². The van der Waals surface area contributed by atoms with Gasteiger partial charge in [-0.2, -0.15) is 5.10 Å². The Hall–Kier alpha value is -2.93. The first-order chi connectivity index (χ1) is 13.0. The summed E-state index contributed by atoms with van der Waals surface area (Å²) in [5.74, 6) is 1.09. The maximum Gasteiger partial charge on any atom is 0.252 e. The van der Waals surface area contributed by atoms with Crippen molar-refractivity contribution >= 4 is 23.3 Å². The fourth-order valence-corrected chi connectivity index (χ4v) is 2.80. The number of aromatic nitrogens is 4. The lowest BCUT2D eigenvalue weighted by molar-refractivity contribution is 0.0955. The zero-order valence-corrected chi connectivity index (χ0v) is 16.2. The van der Waals surface area contributed by atoms with Crippen molar-refractivity contribution in [3.8, 4) is 5.82 Å². The number of anilines is 1. The van der Waals surface area contributed by atoms with Gasteiger partial charge in [0.1, 0.15) is 5.82 Å². The molecule has 0 aliphatic heterocycles. The van der Waals surface area contributed by atoms with E-state index < -0.39 is 0 Å². The molecule has 0 aliphatic rings. The zero-order valence-electron chi connectivity index (χ0n) is 15.5. The summed E-state index contributed by atoms with van der Waals surface area (Å²) < 4.78 is 1.78. The third kappa shape index (κ3) is 4.25. The molecule has 0 bridgehead atoms. The molecule has 0 unspecified atom stereocenters. The summed E-state index contributed by atoms with van der Waals surface area (Å²) in [4.78, 5) is 12.1. The van der Waals surface area contributed by atoms with E-state index in [1.54, 1.807) is 28.9 Å². The molecule has 0 fully saturated rings. The number of nitrogens with zero attached hydrogens (tertiary/aromatic N) is 4. The van der Waals surface area contributed by atoms with Gasteiger partial charge >= 0.3 is 0 Å². The highest BCUT2D eigenvalue weighted by Gasteiger charge is 2.11. The Morgan fingerprint density at radius 3 is 2.48 bits per heavy atom. The van der Waals surface area contributed by atoms with Gasteiger partial charge in [0, 0.05) is 18.8 Å². The number of rotatable bonds is 6. The van der Waals surface area contributed by atoms with Crippen LogP contribution in [-0.2, 0) is 0 Å². The second-order valence-corrected chi connectivity index (χ2v) is 6.55. The Bertz CT molecular complexity index is 951. The highest BCUT2D eigenvalue weighted by molar-refractivity contribution is 6.33. The van der Waals surface area contributed by atoms with Gasteiger partial charge in [0.15, 0.2) is 5.82 Å². The maximum absolute atomic E-state index is 12.1. The van der Waals surface area contributed by atoms with Crippen LogP contribution >= 0.6 is 11.6 Å². The van der Waals surface area contributed by atoms with Gasteiger partial charge in [-0.1, -0.05) is 23.7 Å². The Balaban J connectivity index is 1.53. The molecule has 0 spiro atoms. The van der Waals surface area contributed by atoms with E-state index in [0.29, 0.717) is 35.3 Å². The lowest BCUT2D eigenvalue weighted by Gasteiger charge is -2.09. The van der Waals surface area contributed by atoms with Gasteiger partial charge in [0.25, 0.3) is 5.91 Å². The van der Waals surface area contributed by atoms with Crippen LogP contribution in [0.4, 0.5) is 5.82 Å². The van der Waals surface area contributed by atoms with Crippen molar-refractivity contribution in [1.29, 1.82) is 0 Å². The van der Waals surface area contributed by atoms with Crippen molar-refractivity contribution in [2.45, 2.75) is 20.8 Å². The molecule has 0 saturated heterocycles. The number of carbonyl (C=O) groups excluding carboxylic acids is 1. The number of amides is 1. The maximum atomic E-state index is 12.1. The molecule has 1 aromatic carbocycles. The SMILES string of the molecule is Cc1nn(-c2ccc(NCCNC(=O)c3ccccc3Cl)nn2)c(C)c1C. The summed E-state index contributed by atoms with van der Waals surface area (Å²) >= 11 is 6.01. The standard InChI is InChI=1S/C19H21ClN6O/c1-12-13(2)25-26(14(12)3)18-9-8-17(23-24-18)21-10-11-22-19(27)15-6-4-5-7-16(15)20/h4-9H,10-11H2,1-3H3,(H,21,23)(H,22,27). The van der Waals surface area contributed by atoms with E-state index >= 15 is 0 Å². The van der Waals surface area contributed by atoms with Crippen molar-refractivity contribution < 1.29 is 4.79 Å². The number of halogens is 1. The van der Waals surface area contributed by atoms with Crippen LogP contribution < -0.4 is 10.6 Å². The van der Waals surface area contributed by atoms with Crippen molar-refractivity contribution in [3.63, 3.8) is 0 Å². The second kappa shape index (κ2) is 8.18. The summed E-state index contributed by atoms with van der Waals surface area (Å²) in [6, 6.07) is 10.6. The average molecular weight is 385 g/mol. The monoisotopic (exact) mass is 384 g/mol. The summed E-state index contributed by atoms with van der Waals surface area (Å²) in [6.45, 7) is 6.96. The molecule has 3 rings (SSSR count). The van der Waals surface area contributed by atoms with Crippen molar-refractivity contribution in [3.05, 3.63) is 63.9 Å². The van der Waals surface area contributed by atoms with Gasteiger partial charge in [-0.25, -0.2) is 4.68 Å². The Morgan fingerprint density at radius 2 is 1.85 bits per heavy atom. The fourth-order valence-electron chi connectivity index (χ4n) is 2.58. The Morgan fingerprint density at radius 1 is 1.07 bits per heavy atom. The van der Waals surface area contributed by atoms with Crippen molar-refractivity contribution in [2.24, 2.45) is 0 Å². The quantitative estimate of drug-likeness (QED) is 0.638. The van der Waals surface area contributed by atoms with Gasteiger partial charge in [-0.05, 0) is 50.6 Å². The third-order valence-corrected chi connectivity index (χ3v) is 4.69. The molecular weight excluding hydrogens is 364 g/mol. The van der Waals surface area contributed by atoms with E-state index in [0.717, 1.165) is 17.0 Å². The molecule has 1 amide bonds. The highest BCUT2D eigenvalue weighted by atomic mass is 35.5. The first kappa shape index (κ1) is 18.8. The van der Waals surface area contributed by atoms with Gasteiger partial charge in [-0.15, -0.1) is 10.2 Å². The fraction of sp³-hybridized carbons (Fsp3) is 0.263. The first-order valence-corrected chi connectivity index (χ1v) is 8.98. The van der Waals surface area contributed by atoms with Crippen LogP contribution in [0.25, 0.3) is 5.82 Å². The molecule has 3 aromatic rings. The predicted molar refractivity (Wildman–Crippen MR) is 106 cm³/mol. The molecule has 2 heterocycles. The molecule has 27 heavy (non-hydrogen) atoms. The lowest BCUT2D eigenvalue weighted by Crippen LogP contribution is -2.29. The van der Waals surface area contributed by atoms with E-state index in [4.69, 9.17) is 11.6 Å². The minimum absolute atomic E-state index is 0.205. The van der Waals surface area contributed by atoms with E-state index in [-0.39, 0.29) is 5.91 Å². The van der Waals surface area contributed by atoms with Gasteiger partial charge < -0.3 is 10.6 Å². The summed E-state index contributed by atoms with van der Waals surface area (Å²) in [5.41, 5.74) is 3.63. The number of aryl methyl sites for hydroxylation is 1. The summed E-state index contributed by atoms with van der Waals surface area (Å²) in [7, 11) is 0. The number of nitrogens with one attached hydrogen (secondary N) is 2. The molecule has 7 nitrogen and oxygen atoms in total. The van der Waals surface area contributed by atoms with Crippen LogP contribution in [0, 0.1) is 20.8 Å². The summed E-state index contributed by atoms with van der Waals surface area (Å²) in [6.07, 6.45) is 0. The van der Waals surface area contributed by atoms with Crippen molar-refractivity contribution in [2.75, 3.05) is 18.4 Å². The normalized spacial score (nSPS) is 10.7. The van der Waals surface area contributed by atoms with Gasteiger partial charge in [-0.3, -0.25) is 4.79 Å². The average Bonchev–Trinajstić information content (AvgIpc) is 2.93. The third-order valence-electron chi connectivity index (χ3n) is 4.36. The summed E-state index contributed by atoms with van der Waals surface area (Å²) in [5, 5.41) is 19.2. The van der Waals surface area contributed by atoms with Gasteiger partial charge in [0.05, 0.1) is 16.3 Å². The number of carbonyl (C=O) groups is 1.